The van der Waals surface area contributed by atoms with Gasteiger partial charge >= 0.3 is 6.03 Å². The maximum absolute atomic E-state index is 13.9. The lowest BCUT2D eigenvalue weighted by molar-refractivity contribution is -0.137. The molecule has 1 unspecified atom stereocenters. The van der Waals surface area contributed by atoms with E-state index in [-0.39, 0.29) is 67.8 Å². The first-order chi connectivity index (χ1) is 32.0. The number of hydrogen-bond acceptors (Lipinski definition) is 13. The molecule has 0 radical (unpaired) electrons. The largest absolute Gasteiger partial charge is 0.508 e. The molecular formula is C43H64N12O11S. The molecular weight excluding hydrogens is 893 g/mol. The quantitative estimate of drug-likeness (QED) is 0.0194. The average Bonchev–Trinajstić information content (AvgIpc) is 4.04. The number of nitrogens with two attached hydrogens (primary N) is 1. The smallest absolute Gasteiger partial charge is 0.315 e. The Hall–Kier alpha value is -6.43. The predicted octanol–water partition coefficient (Wildman–Crippen LogP) is -1.36. The highest BCUT2D eigenvalue weighted by Gasteiger charge is 2.42. The van der Waals surface area contributed by atoms with Crippen molar-refractivity contribution in [3.63, 3.8) is 0 Å². The van der Waals surface area contributed by atoms with Crippen LogP contribution < -0.4 is 53.7 Å². The molecule has 2 fully saturated rings. The number of hydroxylamine groups is 1. The number of thioether (sulfide) groups is 1. The molecule has 368 valence electrons. The molecule has 0 saturated carbocycles. The summed E-state index contributed by atoms with van der Waals surface area (Å²) >= 11 is 1.83. The molecule has 2 aromatic rings. The number of aromatic nitrogens is 2. The molecule has 1 aromatic carbocycles. The number of fused-ring (bicyclic) bond motifs is 1. The zero-order chi connectivity index (χ0) is 48.9. The zero-order valence-electron chi connectivity index (χ0n) is 37.7. The van der Waals surface area contributed by atoms with Gasteiger partial charge in [-0.15, -0.1) is 0 Å². The Labute approximate surface area is 392 Å². The van der Waals surface area contributed by atoms with Crippen molar-refractivity contribution in [2.24, 2.45) is 17.6 Å². The molecule has 10 amide bonds. The van der Waals surface area contributed by atoms with Crippen molar-refractivity contribution in [2.75, 3.05) is 25.4 Å². The summed E-state index contributed by atoms with van der Waals surface area (Å²) in [6.45, 7) is 2.89. The molecule has 2 saturated heterocycles. The van der Waals surface area contributed by atoms with Gasteiger partial charge < -0.3 is 58.4 Å². The number of rotatable bonds is 29. The molecule has 7 atom stereocenters. The minimum absolute atomic E-state index is 0.0288. The van der Waals surface area contributed by atoms with Gasteiger partial charge in [0.1, 0.15) is 23.9 Å². The number of phenolic OH excluding ortho intramolecular Hbond substituents is 1. The van der Waals surface area contributed by atoms with Crippen LogP contribution in [0.25, 0.3) is 0 Å². The SMILES string of the molecule is CC(C)CC(CC(=O)NO)C(=O)N[C@@H](Cc1ccc(O)cc1)C(=O)N[C@@H](Cc1cnc[nH]1)C(=O)NCC(=O)NCC(=O)N[C@@H](CCCCNC(=O)CCCC[C@@H]1SC[C@@H]2NC(=O)N[C@@H]21)C(N)=O. The van der Waals surface area contributed by atoms with Crippen molar-refractivity contribution in [1.29, 1.82) is 0 Å². The second kappa shape index (κ2) is 27.3. The summed E-state index contributed by atoms with van der Waals surface area (Å²) in [6, 6.07) is 2.43. The lowest BCUT2D eigenvalue weighted by Gasteiger charge is -2.25. The van der Waals surface area contributed by atoms with Crippen molar-refractivity contribution >= 4 is 65.1 Å². The van der Waals surface area contributed by atoms with Crippen LogP contribution in [0.5, 0.6) is 5.75 Å². The topological polar surface area (TPSA) is 357 Å². The van der Waals surface area contributed by atoms with E-state index in [0.717, 1.165) is 25.0 Å². The number of benzene rings is 1. The molecule has 0 spiro atoms. The van der Waals surface area contributed by atoms with E-state index in [9.17, 15) is 48.3 Å². The van der Waals surface area contributed by atoms with Gasteiger partial charge in [-0.05, 0) is 62.1 Å². The van der Waals surface area contributed by atoms with Gasteiger partial charge in [0.25, 0.3) is 0 Å². The van der Waals surface area contributed by atoms with Crippen molar-refractivity contribution in [3.05, 3.63) is 48.0 Å². The Balaban J connectivity index is 1.21. The van der Waals surface area contributed by atoms with E-state index >= 15 is 0 Å². The van der Waals surface area contributed by atoms with E-state index < -0.39 is 78.5 Å². The third-order valence-electron chi connectivity index (χ3n) is 11.2. The maximum atomic E-state index is 13.9. The van der Waals surface area contributed by atoms with Crippen molar-refractivity contribution in [2.45, 2.75) is 120 Å². The third kappa shape index (κ3) is 18.8. The number of urea groups is 1. The second-order valence-electron chi connectivity index (χ2n) is 17.1. The van der Waals surface area contributed by atoms with E-state index in [4.69, 9.17) is 10.9 Å². The van der Waals surface area contributed by atoms with Crippen LogP contribution in [0.2, 0.25) is 0 Å². The molecule has 23 nitrogen and oxygen atoms in total. The molecule has 3 heterocycles. The number of amides is 10. The average molecular weight is 957 g/mol. The van der Waals surface area contributed by atoms with Gasteiger partial charge in [-0.1, -0.05) is 32.4 Å². The highest BCUT2D eigenvalue weighted by Crippen LogP contribution is 2.33. The summed E-state index contributed by atoms with van der Waals surface area (Å²) in [5.41, 5.74) is 8.02. The van der Waals surface area contributed by atoms with Crippen LogP contribution in [0, 0.1) is 11.8 Å². The van der Waals surface area contributed by atoms with Crippen LogP contribution in [-0.2, 0) is 51.2 Å². The molecule has 1 aromatic heterocycles. The summed E-state index contributed by atoms with van der Waals surface area (Å²) in [5.74, 6) is -5.47. The summed E-state index contributed by atoms with van der Waals surface area (Å²) < 4.78 is 0. The molecule has 0 bridgehead atoms. The Bertz CT molecular complexity index is 2010. The molecule has 2 aliphatic heterocycles. The van der Waals surface area contributed by atoms with E-state index in [0.29, 0.717) is 42.3 Å². The highest BCUT2D eigenvalue weighted by molar-refractivity contribution is 8.00. The first-order valence-electron chi connectivity index (χ1n) is 22.4. The normalized spacial score (nSPS) is 17.9. The Morgan fingerprint density at radius 3 is 2.21 bits per heavy atom. The third-order valence-corrected chi connectivity index (χ3v) is 12.7. The zero-order valence-corrected chi connectivity index (χ0v) is 38.5. The van der Waals surface area contributed by atoms with E-state index in [1.165, 1.54) is 30.1 Å². The summed E-state index contributed by atoms with van der Waals surface area (Å²) in [4.78, 5) is 121. The molecule has 14 N–H and O–H groups in total. The van der Waals surface area contributed by atoms with Gasteiger partial charge in [0.05, 0.1) is 31.5 Å². The number of unbranched alkanes of at least 4 members (excludes halogenated alkanes) is 2. The number of carbonyl (C=O) groups is 9. The van der Waals surface area contributed by atoms with Gasteiger partial charge in [0.2, 0.25) is 47.3 Å². The number of phenols is 1. The van der Waals surface area contributed by atoms with E-state index in [1.54, 1.807) is 12.1 Å². The second-order valence-corrected chi connectivity index (χ2v) is 18.3. The number of aromatic amines is 1. The predicted molar refractivity (Wildman–Crippen MR) is 243 cm³/mol. The molecule has 0 aliphatic carbocycles. The van der Waals surface area contributed by atoms with Crippen molar-refractivity contribution < 1.29 is 53.5 Å². The monoisotopic (exact) mass is 956 g/mol. The van der Waals surface area contributed by atoms with Gasteiger partial charge in [0.15, 0.2) is 0 Å². The minimum Gasteiger partial charge on any atom is -0.508 e. The van der Waals surface area contributed by atoms with Crippen molar-refractivity contribution in [3.8, 4) is 5.75 Å². The van der Waals surface area contributed by atoms with Gasteiger partial charge in [-0.2, -0.15) is 11.8 Å². The van der Waals surface area contributed by atoms with E-state index in [2.05, 4.69) is 52.5 Å². The highest BCUT2D eigenvalue weighted by atomic mass is 32.2. The van der Waals surface area contributed by atoms with Crippen LogP contribution in [-0.4, -0.2) is 134 Å². The summed E-state index contributed by atoms with van der Waals surface area (Å²) in [6.07, 6.45) is 6.52. The van der Waals surface area contributed by atoms with Gasteiger partial charge in [0, 0.05) is 61.0 Å². The molecule has 24 heteroatoms. The Kier molecular flexibility index (Phi) is 21.6. The number of nitrogens with one attached hydrogen (secondary N) is 10. The van der Waals surface area contributed by atoms with Crippen LogP contribution in [0.15, 0.2) is 36.8 Å². The Morgan fingerprint density at radius 2 is 1.52 bits per heavy atom. The van der Waals surface area contributed by atoms with Crippen LogP contribution in [0.3, 0.4) is 0 Å². The number of nitrogens with zero attached hydrogens (tertiary/aromatic N) is 1. The maximum Gasteiger partial charge on any atom is 0.315 e. The van der Waals surface area contributed by atoms with Gasteiger partial charge in [-0.25, -0.2) is 15.3 Å². The number of hydrogen-bond donors (Lipinski definition) is 13. The molecule has 2 aliphatic rings. The standard InChI is InChI=1S/C43H64N12O11S/c1-24(2)15-26(17-35(58)55-66)40(62)51-30(16-25-10-12-28(56)13-11-25)42(64)52-31(18-27-19-45-23-49-27)41(63)48-20-36(59)47-21-37(60)50-29(39(44)61)7-5-6-14-46-34(57)9-4-3-8-33-38-32(22-67-33)53-43(65)54-38/h10-13,19,23-24,26,29-33,38,56,66H,3-9,14-18,20-22H2,1-2H3,(H2,44,61)(H,45,49)(H,46,57)(H,47,59)(H,48,63)(H,50,60)(H,51,62)(H,52,64)(H,55,58)(H2,53,54,65)/t26?,29-,30-,31-,32-,33-,38-/m0/s1. The fraction of sp³-hybridized carbons (Fsp3) is 0.581. The minimum atomic E-state index is -1.31. The lowest BCUT2D eigenvalue weighted by Crippen LogP contribution is -2.56. The number of imidazole rings is 1. The molecule has 4 rings (SSSR count). The number of primary amides is 1. The fourth-order valence-electron chi connectivity index (χ4n) is 7.71. The van der Waals surface area contributed by atoms with Gasteiger partial charge in [-0.3, -0.25) is 43.6 Å². The first kappa shape index (κ1) is 53.2. The van der Waals surface area contributed by atoms with Crippen molar-refractivity contribution in [1.82, 2.24) is 58.0 Å². The number of carbonyl (C=O) groups excluding carboxylic acids is 9. The summed E-state index contributed by atoms with van der Waals surface area (Å²) in [7, 11) is 0. The molecule has 67 heavy (non-hydrogen) atoms. The number of aromatic hydroxyl groups is 1. The van der Waals surface area contributed by atoms with Crippen LogP contribution in [0.4, 0.5) is 4.79 Å². The fourth-order valence-corrected chi connectivity index (χ4v) is 9.26. The first-order valence-corrected chi connectivity index (χ1v) is 23.4. The van der Waals surface area contributed by atoms with Crippen LogP contribution >= 0.6 is 11.8 Å². The van der Waals surface area contributed by atoms with Crippen LogP contribution in [0.1, 0.15) is 82.9 Å². The lowest BCUT2D eigenvalue weighted by atomic mass is 9.92. The van der Waals surface area contributed by atoms with E-state index in [1.807, 2.05) is 25.6 Å². The summed E-state index contributed by atoms with van der Waals surface area (Å²) in [5, 5.41) is 40.5. The number of H-pyrrole nitrogens is 1. The Morgan fingerprint density at radius 1 is 0.806 bits per heavy atom.